The zero-order valence-corrected chi connectivity index (χ0v) is 29.0. The van der Waals surface area contributed by atoms with Gasteiger partial charge in [-0.3, -0.25) is 14.4 Å². The predicted octanol–water partition coefficient (Wildman–Crippen LogP) is 4.24. The quantitative estimate of drug-likeness (QED) is 0.209. The van der Waals surface area contributed by atoms with Crippen molar-refractivity contribution < 1.29 is 24.2 Å². The maximum Gasteiger partial charge on any atom is 0.250 e. The maximum atomic E-state index is 15.2. The highest BCUT2D eigenvalue weighted by atomic mass is 16.5. The van der Waals surface area contributed by atoms with Crippen LogP contribution in [0.5, 0.6) is 0 Å². The average molecular weight is 689 g/mol. The van der Waals surface area contributed by atoms with Crippen LogP contribution in [-0.4, -0.2) is 90.6 Å². The SMILES string of the molecule is C=CCN(Cn1nnc2ccccc21)C(=O)C1N([C@@H](CO)Cc2ccccc2)C(=O)[C@@H]2[C@H](C(=O)N(CC=C)c3ccccc3)[C@@]3(C)OC12CC3C. The Morgan fingerprint density at radius 3 is 2.35 bits per heavy atom. The molecular weight excluding hydrogens is 644 g/mol. The number of aromatic nitrogens is 3. The summed E-state index contributed by atoms with van der Waals surface area (Å²) >= 11 is 0. The predicted molar refractivity (Wildman–Crippen MR) is 193 cm³/mol. The van der Waals surface area contributed by atoms with Crippen molar-refractivity contribution in [2.24, 2.45) is 17.8 Å². The van der Waals surface area contributed by atoms with Gasteiger partial charge in [-0.15, -0.1) is 18.3 Å². The number of anilines is 1. The molecule has 1 aromatic heterocycles. The zero-order valence-electron chi connectivity index (χ0n) is 29.0. The second kappa shape index (κ2) is 13.5. The highest BCUT2D eigenvalue weighted by Gasteiger charge is 2.80. The molecule has 3 aliphatic rings. The van der Waals surface area contributed by atoms with E-state index in [1.54, 1.807) is 26.6 Å². The fraction of sp³-hybridized carbons (Fsp3) is 0.375. The van der Waals surface area contributed by atoms with Gasteiger partial charge in [0, 0.05) is 18.8 Å². The fourth-order valence-corrected chi connectivity index (χ4v) is 8.82. The number of carbonyl (C=O) groups is 3. The van der Waals surface area contributed by atoms with Crippen molar-refractivity contribution in [2.45, 2.75) is 56.6 Å². The number of likely N-dealkylation sites (tertiary alicyclic amines) is 1. The molecule has 7 atom stereocenters. The zero-order chi connectivity index (χ0) is 35.9. The number of hydrogen-bond donors (Lipinski definition) is 1. The highest BCUT2D eigenvalue weighted by molar-refractivity contribution is 6.03. The molecule has 51 heavy (non-hydrogen) atoms. The number of aliphatic hydroxyl groups excluding tert-OH is 1. The van der Waals surface area contributed by atoms with Crippen molar-refractivity contribution >= 4 is 34.4 Å². The highest BCUT2D eigenvalue weighted by Crippen LogP contribution is 2.66. The summed E-state index contributed by atoms with van der Waals surface area (Å²) in [6.07, 6.45) is 4.00. The number of rotatable bonds is 13. The molecule has 3 fully saturated rings. The van der Waals surface area contributed by atoms with Crippen molar-refractivity contribution in [3.8, 4) is 0 Å². The molecule has 3 unspecified atom stereocenters. The molecule has 11 nitrogen and oxygen atoms in total. The lowest BCUT2D eigenvalue weighted by Crippen LogP contribution is -2.59. The summed E-state index contributed by atoms with van der Waals surface area (Å²) in [5, 5.41) is 19.6. The summed E-state index contributed by atoms with van der Waals surface area (Å²) in [6.45, 7) is 11.8. The van der Waals surface area contributed by atoms with Crippen LogP contribution >= 0.6 is 0 Å². The molecule has 0 saturated carbocycles. The number of ether oxygens (including phenoxy) is 1. The Bertz CT molecular complexity index is 1950. The van der Waals surface area contributed by atoms with E-state index in [4.69, 9.17) is 4.74 Å². The van der Waals surface area contributed by atoms with Gasteiger partial charge in [0.1, 0.15) is 23.8 Å². The van der Waals surface area contributed by atoms with E-state index < -0.39 is 35.1 Å². The van der Waals surface area contributed by atoms with Crippen LogP contribution in [0.1, 0.15) is 25.8 Å². The van der Waals surface area contributed by atoms with E-state index in [-0.39, 0.29) is 50.0 Å². The van der Waals surface area contributed by atoms with Gasteiger partial charge in [-0.1, -0.05) is 85.0 Å². The second-order valence-electron chi connectivity index (χ2n) is 14.1. The standard InChI is InChI=1S/C40H44N6O5/c1-5-21-43(26-45-32-20-14-13-19-31(32)41-42-45)38(50)35-40-24-27(3)39(4,51-40)33(36(48)44(22-6-2)29-17-11-8-12-18-29)34(40)37(49)46(35)30(25-47)23-28-15-9-7-10-16-28/h5-20,27,30,33-35,47H,1-2,21-26H2,3-4H3/t27?,30-,33-,34+,35?,39+,40?/m1/s1. The number of amides is 3. The van der Waals surface area contributed by atoms with Gasteiger partial charge in [0.05, 0.1) is 35.6 Å². The van der Waals surface area contributed by atoms with E-state index >= 15 is 9.59 Å². The van der Waals surface area contributed by atoms with Gasteiger partial charge < -0.3 is 24.5 Å². The molecule has 264 valence electrons. The minimum Gasteiger partial charge on any atom is -0.394 e. The summed E-state index contributed by atoms with van der Waals surface area (Å²) in [5.74, 6) is -3.01. The first-order valence-electron chi connectivity index (χ1n) is 17.5. The summed E-state index contributed by atoms with van der Waals surface area (Å²) in [7, 11) is 0. The third-order valence-electron chi connectivity index (χ3n) is 11.2. The Morgan fingerprint density at radius 2 is 1.67 bits per heavy atom. The summed E-state index contributed by atoms with van der Waals surface area (Å²) in [4.78, 5) is 50.1. The Morgan fingerprint density at radius 1 is 1.00 bits per heavy atom. The number of benzene rings is 3. The Labute approximate surface area is 297 Å². The Hall–Kier alpha value is -5.13. The van der Waals surface area contributed by atoms with E-state index in [1.165, 1.54) is 4.90 Å². The fourth-order valence-electron chi connectivity index (χ4n) is 8.82. The topological polar surface area (TPSA) is 121 Å². The van der Waals surface area contributed by atoms with Crippen LogP contribution in [-0.2, 0) is 32.2 Å². The number of aliphatic hydroxyl groups is 1. The van der Waals surface area contributed by atoms with Crippen molar-refractivity contribution in [3.63, 3.8) is 0 Å². The van der Waals surface area contributed by atoms with Crippen LogP contribution in [0.4, 0.5) is 5.69 Å². The van der Waals surface area contributed by atoms with Gasteiger partial charge in [0.15, 0.2) is 0 Å². The minimum atomic E-state index is -1.33. The number of nitrogens with zero attached hydrogens (tertiary/aromatic N) is 6. The second-order valence-corrected chi connectivity index (χ2v) is 14.1. The van der Waals surface area contributed by atoms with Gasteiger partial charge in [-0.25, -0.2) is 4.68 Å². The molecule has 4 aromatic rings. The number of hydrogen-bond acceptors (Lipinski definition) is 7. The molecule has 0 radical (unpaired) electrons. The lowest BCUT2D eigenvalue weighted by atomic mass is 9.62. The van der Waals surface area contributed by atoms with Crippen molar-refractivity contribution in [3.05, 3.63) is 116 Å². The minimum absolute atomic E-state index is 0.0451. The number of para-hydroxylation sites is 2. The first kappa shape index (κ1) is 34.3. The van der Waals surface area contributed by atoms with Crippen LogP contribution in [0.3, 0.4) is 0 Å². The monoisotopic (exact) mass is 688 g/mol. The van der Waals surface area contributed by atoms with E-state index in [9.17, 15) is 9.90 Å². The van der Waals surface area contributed by atoms with Crippen LogP contribution in [0, 0.1) is 17.8 Å². The van der Waals surface area contributed by atoms with E-state index in [2.05, 4.69) is 23.5 Å². The molecule has 0 aliphatic carbocycles. The lowest BCUT2D eigenvalue weighted by molar-refractivity contribution is -0.156. The molecule has 11 heteroatoms. The van der Waals surface area contributed by atoms with Crippen molar-refractivity contribution in [2.75, 3.05) is 24.6 Å². The third-order valence-corrected chi connectivity index (χ3v) is 11.2. The van der Waals surface area contributed by atoms with E-state index in [1.807, 2.05) is 98.8 Å². The smallest absolute Gasteiger partial charge is 0.250 e. The Kier molecular flexibility index (Phi) is 9.11. The third kappa shape index (κ3) is 5.55. The van der Waals surface area contributed by atoms with Gasteiger partial charge in [0.25, 0.3) is 0 Å². The molecule has 7 rings (SSSR count). The largest absolute Gasteiger partial charge is 0.394 e. The number of fused-ring (bicyclic) bond motifs is 2. The maximum absolute atomic E-state index is 15.2. The van der Waals surface area contributed by atoms with Crippen LogP contribution in [0.25, 0.3) is 11.0 Å². The first-order chi connectivity index (χ1) is 24.7. The average Bonchev–Trinajstić information content (AvgIpc) is 3.82. The summed E-state index contributed by atoms with van der Waals surface area (Å²) in [5.41, 5.74) is 0.663. The van der Waals surface area contributed by atoms with E-state index in [0.29, 0.717) is 24.0 Å². The van der Waals surface area contributed by atoms with E-state index in [0.717, 1.165) is 11.1 Å². The van der Waals surface area contributed by atoms with Gasteiger partial charge >= 0.3 is 0 Å². The lowest BCUT2D eigenvalue weighted by Gasteiger charge is -2.39. The molecule has 3 aliphatic heterocycles. The first-order valence-corrected chi connectivity index (χ1v) is 17.5. The molecule has 3 aromatic carbocycles. The Balaban J connectivity index is 1.34. The molecule has 4 heterocycles. The van der Waals surface area contributed by atoms with Crippen LogP contribution < -0.4 is 4.90 Å². The van der Waals surface area contributed by atoms with Crippen LogP contribution in [0.15, 0.2) is 110 Å². The summed E-state index contributed by atoms with van der Waals surface area (Å²) in [6, 6.07) is 24.5. The van der Waals surface area contributed by atoms with Crippen molar-refractivity contribution in [1.29, 1.82) is 0 Å². The molecule has 3 amide bonds. The van der Waals surface area contributed by atoms with Gasteiger partial charge in [0.2, 0.25) is 17.7 Å². The molecular formula is C40H44N6O5. The normalized spacial score (nSPS) is 27.0. The van der Waals surface area contributed by atoms with Gasteiger partial charge in [-0.05, 0) is 55.5 Å². The molecule has 1 N–H and O–H groups in total. The molecule has 3 saturated heterocycles. The summed E-state index contributed by atoms with van der Waals surface area (Å²) < 4.78 is 8.72. The van der Waals surface area contributed by atoms with Crippen LogP contribution in [0.2, 0.25) is 0 Å². The molecule has 1 spiro atoms. The molecule has 2 bridgehead atoms. The van der Waals surface area contributed by atoms with Gasteiger partial charge in [-0.2, -0.15) is 0 Å². The van der Waals surface area contributed by atoms with Crippen molar-refractivity contribution in [1.82, 2.24) is 24.8 Å². The number of carbonyl (C=O) groups excluding carboxylic acids is 3.